The van der Waals surface area contributed by atoms with Crippen molar-refractivity contribution in [2.75, 3.05) is 13.1 Å². The van der Waals surface area contributed by atoms with Crippen molar-refractivity contribution in [2.24, 2.45) is 5.92 Å². The van der Waals surface area contributed by atoms with E-state index in [1.54, 1.807) is 0 Å². The van der Waals surface area contributed by atoms with Crippen molar-refractivity contribution in [1.82, 2.24) is 20.8 Å². The Labute approximate surface area is 100 Å². The highest BCUT2D eigenvalue weighted by Gasteiger charge is 2.24. The number of amides is 1. The fourth-order valence-electron chi connectivity index (χ4n) is 1.81. The van der Waals surface area contributed by atoms with Crippen LogP contribution in [0.2, 0.25) is 0 Å². The summed E-state index contributed by atoms with van der Waals surface area (Å²) in [6, 6.07) is -0.254. The van der Waals surface area contributed by atoms with Gasteiger partial charge in [-0.2, -0.15) is 4.98 Å². The molecule has 0 aromatic carbocycles. The minimum Gasteiger partial charge on any atom is -0.353 e. The zero-order valence-electron chi connectivity index (χ0n) is 10.2. The molecule has 1 amide bonds. The lowest BCUT2D eigenvalue weighted by atomic mass is 10.1. The monoisotopic (exact) mass is 238 g/mol. The van der Waals surface area contributed by atoms with Gasteiger partial charge in [-0.3, -0.25) is 4.79 Å². The smallest absolute Gasteiger partial charge is 0.237 e. The maximum Gasteiger partial charge on any atom is 0.237 e. The normalized spacial score (nSPS) is 20.6. The largest absolute Gasteiger partial charge is 0.353 e. The van der Waals surface area contributed by atoms with Gasteiger partial charge >= 0.3 is 0 Å². The topological polar surface area (TPSA) is 80.0 Å². The van der Waals surface area contributed by atoms with Crippen molar-refractivity contribution >= 4 is 5.91 Å². The number of hydrogen-bond acceptors (Lipinski definition) is 5. The quantitative estimate of drug-likeness (QED) is 0.765. The lowest BCUT2D eigenvalue weighted by Gasteiger charge is -2.21. The van der Waals surface area contributed by atoms with Crippen LogP contribution in [-0.4, -0.2) is 35.2 Å². The molecule has 1 aliphatic rings. The van der Waals surface area contributed by atoms with Gasteiger partial charge < -0.3 is 15.2 Å². The van der Waals surface area contributed by atoms with Crippen molar-refractivity contribution in [3.8, 4) is 0 Å². The highest BCUT2D eigenvalue weighted by molar-refractivity contribution is 5.82. The number of rotatable bonds is 4. The molecule has 1 aliphatic heterocycles. The Hall–Kier alpha value is -1.43. The molecule has 2 N–H and O–H groups in total. The molecular formula is C11H18N4O2. The summed E-state index contributed by atoms with van der Waals surface area (Å²) in [5.74, 6) is 1.73. The van der Waals surface area contributed by atoms with Crippen LogP contribution in [-0.2, 0) is 17.6 Å². The van der Waals surface area contributed by atoms with Gasteiger partial charge in [0, 0.05) is 19.5 Å². The van der Waals surface area contributed by atoms with Crippen molar-refractivity contribution < 1.29 is 9.32 Å². The number of nitrogens with zero attached hydrogens (tertiary/aromatic N) is 2. The molecule has 0 spiro atoms. The van der Waals surface area contributed by atoms with Crippen molar-refractivity contribution in [3.63, 3.8) is 0 Å². The summed E-state index contributed by atoms with van der Waals surface area (Å²) in [5.41, 5.74) is 0. The zero-order valence-corrected chi connectivity index (χ0v) is 10.2. The predicted molar refractivity (Wildman–Crippen MR) is 61.3 cm³/mol. The van der Waals surface area contributed by atoms with E-state index in [-0.39, 0.29) is 11.9 Å². The average molecular weight is 238 g/mol. The Morgan fingerprint density at radius 2 is 2.29 bits per heavy atom. The van der Waals surface area contributed by atoms with E-state index in [9.17, 15) is 4.79 Å². The highest BCUT2D eigenvalue weighted by Crippen LogP contribution is 2.07. The van der Waals surface area contributed by atoms with Gasteiger partial charge in [0.25, 0.3) is 0 Å². The minimum absolute atomic E-state index is 0.000130. The van der Waals surface area contributed by atoms with E-state index in [1.165, 1.54) is 0 Å². The third-order valence-electron chi connectivity index (χ3n) is 2.61. The van der Waals surface area contributed by atoms with E-state index in [0.717, 1.165) is 13.0 Å². The number of nitrogens with one attached hydrogen (secondary N) is 2. The van der Waals surface area contributed by atoms with E-state index in [0.29, 0.717) is 30.6 Å². The molecule has 2 heterocycles. The Morgan fingerprint density at radius 3 is 3.00 bits per heavy atom. The number of piperazine rings is 1. The van der Waals surface area contributed by atoms with E-state index in [1.807, 2.05) is 0 Å². The van der Waals surface area contributed by atoms with Gasteiger partial charge in [0.15, 0.2) is 5.82 Å². The average Bonchev–Trinajstić information content (AvgIpc) is 2.68. The molecule has 94 valence electrons. The van der Waals surface area contributed by atoms with Crippen LogP contribution < -0.4 is 10.6 Å². The number of carbonyl (C=O) groups excluding carboxylic acids is 1. The molecule has 1 saturated heterocycles. The molecule has 1 unspecified atom stereocenters. The Kier molecular flexibility index (Phi) is 3.73. The van der Waals surface area contributed by atoms with Crippen LogP contribution in [0.25, 0.3) is 0 Å². The van der Waals surface area contributed by atoms with Gasteiger partial charge in [-0.25, -0.2) is 0 Å². The molecule has 0 radical (unpaired) electrons. The summed E-state index contributed by atoms with van der Waals surface area (Å²) in [6.07, 6.45) is 1.25. The van der Waals surface area contributed by atoms with E-state index < -0.39 is 0 Å². The second-order valence-corrected chi connectivity index (χ2v) is 4.70. The fourth-order valence-corrected chi connectivity index (χ4v) is 1.81. The van der Waals surface area contributed by atoms with Crippen molar-refractivity contribution in [3.05, 3.63) is 11.7 Å². The number of carbonyl (C=O) groups is 1. The Bertz CT molecular complexity index is 389. The van der Waals surface area contributed by atoms with Crippen LogP contribution in [0.1, 0.15) is 25.6 Å². The molecule has 1 fully saturated rings. The van der Waals surface area contributed by atoms with E-state index >= 15 is 0 Å². The van der Waals surface area contributed by atoms with Gasteiger partial charge in [0.05, 0.1) is 12.5 Å². The van der Waals surface area contributed by atoms with Crippen LogP contribution in [0.4, 0.5) is 0 Å². The maximum absolute atomic E-state index is 11.5. The summed E-state index contributed by atoms with van der Waals surface area (Å²) in [6.45, 7) is 5.67. The summed E-state index contributed by atoms with van der Waals surface area (Å²) in [7, 11) is 0. The SMILES string of the molecule is CC(C)Cc1noc(CC2NCCNC2=O)n1. The maximum atomic E-state index is 11.5. The standard InChI is InChI=1S/C11H18N4O2/c1-7(2)5-9-14-10(17-15-9)6-8-11(16)13-4-3-12-8/h7-8,12H,3-6H2,1-2H3,(H,13,16). The van der Waals surface area contributed by atoms with Crippen LogP contribution in [0.15, 0.2) is 4.52 Å². The molecule has 0 saturated carbocycles. The molecule has 17 heavy (non-hydrogen) atoms. The second-order valence-electron chi connectivity index (χ2n) is 4.70. The van der Waals surface area contributed by atoms with Crippen LogP contribution >= 0.6 is 0 Å². The summed E-state index contributed by atoms with van der Waals surface area (Å²) >= 11 is 0. The molecule has 6 heteroatoms. The summed E-state index contributed by atoms with van der Waals surface area (Å²) in [5, 5.41) is 9.83. The molecule has 6 nitrogen and oxygen atoms in total. The second kappa shape index (κ2) is 5.27. The first-order chi connectivity index (χ1) is 8.15. The van der Waals surface area contributed by atoms with Crippen LogP contribution in [0.5, 0.6) is 0 Å². The first kappa shape index (κ1) is 12.0. The molecular weight excluding hydrogens is 220 g/mol. The van der Waals surface area contributed by atoms with Gasteiger partial charge in [0.1, 0.15) is 0 Å². The van der Waals surface area contributed by atoms with Gasteiger partial charge in [0.2, 0.25) is 11.8 Å². The minimum atomic E-state index is -0.254. The van der Waals surface area contributed by atoms with Crippen LogP contribution in [0.3, 0.4) is 0 Å². The van der Waals surface area contributed by atoms with Gasteiger partial charge in [-0.05, 0) is 5.92 Å². The molecule has 1 aromatic heterocycles. The molecule has 2 rings (SSSR count). The zero-order chi connectivity index (χ0) is 12.3. The molecule has 0 bridgehead atoms. The Balaban J connectivity index is 1.93. The third-order valence-corrected chi connectivity index (χ3v) is 2.61. The third kappa shape index (κ3) is 3.26. The van der Waals surface area contributed by atoms with E-state index in [4.69, 9.17) is 4.52 Å². The summed E-state index contributed by atoms with van der Waals surface area (Å²) < 4.78 is 5.14. The van der Waals surface area contributed by atoms with Gasteiger partial charge in [-0.15, -0.1) is 0 Å². The lowest BCUT2D eigenvalue weighted by molar-refractivity contribution is -0.124. The number of aromatic nitrogens is 2. The molecule has 1 aromatic rings. The Morgan fingerprint density at radius 1 is 1.47 bits per heavy atom. The molecule has 1 atom stereocenters. The first-order valence-electron chi connectivity index (χ1n) is 5.97. The van der Waals surface area contributed by atoms with Gasteiger partial charge in [-0.1, -0.05) is 19.0 Å². The molecule has 0 aliphatic carbocycles. The predicted octanol–water partition coefficient (Wildman–Crippen LogP) is -0.101. The lowest BCUT2D eigenvalue weighted by Crippen LogP contribution is -2.53. The van der Waals surface area contributed by atoms with Crippen molar-refractivity contribution in [2.45, 2.75) is 32.7 Å². The fraction of sp³-hybridized carbons (Fsp3) is 0.727. The highest BCUT2D eigenvalue weighted by atomic mass is 16.5. The summed E-state index contributed by atoms with van der Waals surface area (Å²) in [4.78, 5) is 15.8. The first-order valence-corrected chi connectivity index (χ1v) is 5.97. The van der Waals surface area contributed by atoms with Crippen molar-refractivity contribution in [1.29, 1.82) is 0 Å². The van der Waals surface area contributed by atoms with Crippen LogP contribution in [0, 0.1) is 5.92 Å². The van der Waals surface area contributed by atoms with E-state index in [2.05, 4.69) is 34.6 Å². The number of hydrogen-bond donors (Lipinski definition) is 2.